The Morgan fingerprint density at radius 3 is 2.04 bits per heavy atom. The molecule has 9 heteroatoms. The highest BCUT2D eigenvalue weighted by Gasteiger charge is 2.35. The third-order valence-corrected chi connectivity index (χ3v) is 5.75. The van der Waals surface area contributed by atoms with Gasteiger partial charge in [-0.05, 0) is 25.7 Å². The number of halogens is 3. The summed E-state index contributed by atoms with van der Waals surface area (Å²) in [4.78, 5) is 10.7. The van der Waals surface area contributed by atoms with Crippen molar-refractivity contribution in [3.8, 4) is 0 Å². The van der Waals surface area contributed by atoms with E-state index in [9.17, 15) is 26.4 Å². The van der Waals surface area contributed by atoms with E-state index in [2.05, 4.69) is 0 Å². The van der Waals surface area contributed by atoms with Crippen molar-refractivity contribution in [2.45, 2.75) is 45.2 Å². The molecule has 0 fully saturated rings. The molecular weight excluding hydrogens is 347 g/mol. The summed E-state index contributed by atoms with van der Waals surface area (Å²) >= 11 is 0. The molecule has 0 spiro atoms. The average molecular weight is 376 g/mol. The third-order valence-electron chi connectivity index (χ3n) is 3.93. The highest BCUT2D eigenvalue weighted by molar-refractivity contribution is 7.91. The molecule has 24 heavy (non-hydrogen) atoms. The summed E-state index contributed by atoms with van der Waals surface area (Å²) in [5, 5.41) is 8.76. The number of nitrogens with zero attached hydrogens (tertiary/aromatic N) is 1. The first-order chi connectivity index (χ1) is 10.8. The number of alkyl halides is 3. The molecule has 1 N–H and O–H groups in total. The first-order valence-electron chi connectivity index (χ1n) is 8.06. The van der Waals surface area contributed by atoms with Gasteiger partial charge < -0.3 is 9.59 Å². The van der Waals surface area contributed by atoms with Crippen LogP contribution in [0.15, 0.2) is 0 Å². The van der Waals surface area contributed by atoms with Crippen LogP contribution >= 0.6 is 0 Å². The van der Waals surface area contributed by atoms with E-state index in [0.717, 1.165) is 6.92 Å². The lowest BCUT2D eigenvalue weighted by atomic mass is 10.0. The Morgan fingerprint density at radius 1 is 1.08 bits per heavy atom. The summed E-state index contributed by atoms with van der Waals surface area (Å²) in [5.74, 6) is -2.41. The number of carboxylic acids is 1. The minimum Gasteiger partial charge on any atom is -0.477 e. The van der Waals surface area contributed by atoms with Gasteiger partial charge in [0.1, 0.15) is 9.84 Å². The van der Waals surface area contributed by atoms with E-state index in [4.69, 9.17) is 5.11 Å². The number of unbranched alkanes of at least 4 members (excludes halogenated alkanes) is 2. The van der Waals surface area contributed by atoms with E-state index in [1.807, 2.05) is 0 Å². The Kier molecular flexibility index (Phi) is 9.27. The normalized spacial score (nSPS) is 14.6. The van der Waals surface area contributed by atoms with Crippen molar-refractivity contribution in [1.29, 1.82) is 0 Å². The molecule has 0 saturated heterocycles. The summed E-state index contributed by atoms with van der Waals surface area (Å²) in [6.45, 7) is 1.64. The number of likely N-dealkylation sites (N-methyl/N-ethyl adjacent to an activating group) is 1. The minimum absolute atomic E-state index is 0.00506. The van der Waals surface area contributed by atoms with Crippen LogP contribution in [0.25, 0.3) is 0 Å². The van der Waals surface area contributed by atoms with Crippen LogP contribution in [0.4, 0.5) is 13.2 Å². The van der Waals surface area contributed by atoms with Crippen LogP contribution in [0.5, 0.6) is 0 Å². The number of aliphatic carboxylic acids is 1. The number of quaternary nitrogens is 1. The van der Waals surface area contributed by atoms with Crippen molar-refractivity contribution < 1.29 is 36.0 Å². The van der Waals surface area contributed by atoms with Crippen LogP contribution in [0.3, 0.4) is 0 Å². The Bertz CT molecular complexity index is 489. The van der Waals surface area contributed by atoms with Crippen molar-refractivity contribution >= 4 is 15.8 Å². The number of hydrogen-bond acceptors (Lipinski definition) is 3. The van der Waals surface area contributed by atoms with Gasteiger partial charge >= 0.3 is 12.1 Å². The predicted octanol–water partition coefficient (Wildman–Crippen LogP) is 2.71. The standard InChI is InChI=1S/C15H28F3NO4S/c1-13(15(16,17)18)8-4-6-10-24(22,23)11-7-5-9-19(2,3)12-14(20)21/h13H,4-12H2,1-3H3/p+1. The number of rotatable bonds is 12. The van der Waals surface area contributed by atoms with Crippen molar-refractivity contribution in [3.05, 3.63) is 0 Å². The fraction of sp³-hybridized carbons (Fsp3) is 0.933. The Balaban J connectivity index is 3.97. The summed E-state index contributed by atoms with van der Waals surface area (Å²) < 4.78 is 61.0. The lowest BCUT2D eigenvalue weighted by Gasteiger charge is -2.27. The molecule has 0 aliphatic heterocycles. The lowest BCUT2D eigenvalue weighted by Crippen LogP contribution is -2.44. The van der Waals surface area contributed by atoms with Crippen LogP contribution in [-0.2, 0) is 14.6 Å². The maximum absolute atomic E-state index is 12.3. The van der Waals surface area contributed by atoms with Gasteiger partial charge in [0.15, 0.2) is 6.54 Å². The minimum atomic E-state index is -4.22. The molecule has 0 aliphatic rings. The summed E-state index contributed by atoms with van der Waals surface area (Å²) in [7, 11) is 0.276. The molecule has 0 amide bonds. The number of sulfone groups is 1. The van der Waals surface area contributed by atoms with Gasteiger partial charge in [0, 0.05) is 0 Å². The second kappa shape index (κ2) is 9.60. The Hall–Kier alpha value is -0.830. The quantitative estimate of drug-likeness (QED) is 0.420. The molecule has 144 valence electrons. The third kappa shape index (κ3) is 11.7. The molecule has 0 aromatic heterocycles. The second-order valence-electron chi connectivity index (χ2n) is 7.01. The maximum Gasteiger partial charge on any atom is 0.391 e. The molecule has 0 rings (SSSR count). The molecule has 1 atom stereocenters. The van der Waals surface area contributed by atoms with Gasteiger partial charge in [-0.2, -0.15) is 13.2 Å². The highest BCUT2D eigenvalue weighted by atomic mass is 32.2. The van der Waals surface area contributed by atoms with Crippen LogP contribution in [0.2, 0.25) is 0 Å². The van der Waals surface area contributed by atoms with Gasteiger partial charge in [0.2, 0.25) is 0 Å². The monoisotopic (exact) mass is 376 g/mol. The van der Waals surface area contributed by atoms with E-state index in [-0.39, 0.29) is 41.8 Å². The van der Waals surface area contributed by atoms with Gasteiger partial charge in [-0.25, -0.2) is 13.2 Å². The zero-order valence-electron chi connectivity index (χ0n) is 14.6. The number of carbonyl (C=O) groups is 1. The van der Waals surface area contributed by atoms with E-state index >= 15 is 0 Å². The molecule has 0 heterocycles. The van der Waals surface area contributed by atoms with Gasteiger partial charge in [-0.15, -0.1) is 0 Å². The molecule has 0 aromatic carbocycles. The highest BCUT2D eigenvalue weighted by Crippen LogP contribution is 2.29. The zero-order valence-corrected chi connectivity index (χ0v) is 15.4. The van der Waals surface area contributed by atoms with E-state index in [0.29, 0.717) is 19.4 Å². The number of carboxylic acid groups (broad SMARTS) is 1. The number of hydrogen-bond donors (Lipinski definition) is 1. The van der Waals surface area contributed by atoms with Crippen LogP contribution in [0.1, 0.15) is 39.0 Å². The molecule has 0 bridgehead atoms. The average Bonchev–Trinajstić information content (AvgIpc) is 2.37. The fourth-order valence-corrected chi connectivity index (χ4v) is 3.84. The van der Waals surface area contributed by atoms with E-state index < -0.39 is 27.9 Å². The van der Waals surface area contributed by atoms with Gasteiger partial charge in [-0.1, -0.05) is 13.3 Å². The van der Waals surface area contributed by atoms with Crippen molar-refractivity contribution in [3.63, 3.8) is 0 Å². The Morgan fingerprint density at radius 2 is 1.58 bits per heavy atom. The van der Waals surface area contributed by atoms with Gasteiger partial charge in [0.25, 0.3) is 0 Å². The maximum atomic E-state index is 12.3. The first-order valence-corrected chi connectivity index (χ1v) is 9.88. The molecule has 1 unspecified atom stereocenters. The largest absolute Gasteiger partial charge is 0.477 e. The lowest BCUT2D eigenvalue weighted by molar-refractivity contribution is -0.883. The van der Waals surface area contributed by atoms with Crippen molar-refractivity contribution in [2.75, 3.05) is 38.7 Å². The second-order valence-corrected chi connectivity index (χ2v) is 9.31. The van der Waals surface area contributed by atoms with Crippen LogP contribution in [0, 0.1) is 5.92 Å². The molecule has 0 radical (unpaired) electrons. The van der Waals surface area contributed by atoms with Gasteiger partial charge in [-0.3, -0.25) is 0 Å². The summed E-state index contributed by atoms with van der Waals surface area (Å²) in [6.07, 6.45) is -2.78. The van der Waals surface area contributed by atoms with Crippen molar-refractivity contribution in [2.24, 2.45) is 5.92 Å². The molecule has 0 saturated carbocycles. The molecule has 5 nitrogen and oxygen atoms in total. The van der Waals surface area contributed by atoms with Crippen LogP contribution < -0.4 is 0 Å². The van der Waals surface area contributed by atoms with E-state index in [1.54, 1.807) is 14.1 Å². The zero-order chi connectivity index (χ0) is 19.0. The Labute approximate surface area is 142 Å². The topological polar surface area (TPSA) is 71.4 Å². The smallest absolute Gasteiger partial charge is 0.391 e. The van der Waals surface area contributed by atoms with Gasteiger partial charge in [0.05, 0.1) is 38.1 Å². The molecule has 0 aromatic rings. The SMILES string of the molecule is CC(CCCCS(=O)(=O)CCCC[N+](C)(C)CC(=O)O)C(F)(F)F. The van der Waals surface area contributed by atoms with Crippen molar-refractivity contribution in [1.82, 2.24) is 0 Å². The summed E-state index contributed by atoms with van der Waals surface area (Å²) in [5.41, 5.74) is 0. The first kappa shape index (κ1) is 23.2. The molecule has 0 aliphatic carbocycles. The molecular formula is C15H29F3NO4S+. The predicted molar refractivity (Wildman–Crippen MR) is 86.4 cm³/mol. The van der Waals surface area contributed by atoms with Crippen LogP contribution in [-0.4, -0.2) is 68.8 Å². The van der Waals surface area contributed by atoms with E-state index in [1.165, 1.54) is 0 Å². The summed E-state index contributed by atoms with van der Waals surface area (Å²) in [6, 6.07) is 0. The fourth-order valence-electron chi connectivity index (χ4n) is 2.35.